The molecule has 0 spiro atoms. The fourth-order valence-electron chi connectivity index (χ4n) is 0.210. The fraction of sp³-hybridized carbons (Fsp3) is 0.333. The molecule has 0 bridgehead atoms. The SMILES string of the molecule is N/N=C/NNCC(=O)O. The van der Waals surface area contributed by atoms with E-state index in [0.29, 0.717) is 0 Å². The highest BCUT2D eigenvalue weighted by Crippen LogP contribution is 1.52. The highest BCUT2D eigenvalue weighted by Gasteiger charge is 1.89. The molecule has 0 atom stereocenters. The quantitative estimate of drug-likeness (QED) is 0.117. The molecule has 0 aromatic rings. The van der Waals surface area contributed by atoms with E-state index < -0.39 is 5.97 Å². The van der Waals surface area contributed by atoms with Crippen LogP contribution in [0.1, 0.15) is 0 Å². The maximum atomic E-state index is 9.78. The van der Waals surface area contributed by atoms with Crippen molar-refractivity contribution in [3.05, 3.63) is 0 Å². The summed E-state index contributed by atoms with van der Waals surface area (Å²) >= 11 is 0. The van der Waals surface area contributed by atoms with Crippen molar-refractivity contribution in [3.63, 3.8) is 0 Å². The molecule has 0 heterocycles. The maximum Gasteiger partial charge on any atom is 0.319 e. The molecule has 0 amide bonds. The Bertz CT molecular complexity index is 112. The summed E-state index contributed by atoms with van der Waals surface area (Å²) in [5.41, 5.74) is 4.63. The third-order valence-electron chi connectivity index (χ3n) is 0.481. The lowest BCUT2D eigenvalue weighted by atomic mass is 10.7. The van der Waals surface area contributed by atoms with Gasteiger partial charge in [0.25, 0.3) is 0 Å². The first-order chi connectivity index (χ1) is 4.27. The Kier molecular flexibility index (Phi) is 4.15. The largest absolute Gasteiger partial charge is 0.480 e. The molecule has 0 fully saturated rings. The van der Waals surface area contributed by atoms with E-state index in [1.165, 1.54) is 0 Å². The van der Waals surface area contributed by atoms with Crippen LogP contribution < -0.4 is 16.7 Å². The molecule has 0 aliphatic rings. The normalized spacial score (nSPS) is 9.78. The fourth-order valence-corrected chi connectivity index (χ4v) is 0.210. The lowest BCUT2D eigenvalue weighted by Gasteiger charge is -1.95. The molecule has 0 radical (unpaired) electrons. The Labute approximate surface area is 51.7 Å². The second-order valence-corrected chi connectivity index (χ2v) is 1.17. The molecular formula is C3H8N4O2. The summed E-state index contributed by atoms with van der Waals surface area (Å²) < 4.78 is 0. The summed E-state index contributed by atoms with van der Waals surface area (Å²) in [6.07, 6.45) is 1.14. The summed E-state index contributed by atoms with van der Waals surface area (Å²) in [4.78, 5) is 9.78. The minimum absolute atomic E-state index is 0.175. The van der Waals surface area contributed by atoms with Gasteiger partial charge in [0, 0.05) is 0 Å². The van der Waals surface area contributed by atoms with Gasteiger partial charge in [0.05, 0.1) is 0 Å². The van der Waals surface area contributed by atoms with Gasteiger partial charge < -0.3 is 16.4 Å². The molecule has 6 nitrogen and oxygen atoms in total. The average molecular weight is 132 g/mol. The van der Waals surface area contributed by atoms with Crippen LogP contribution in [-0.4, -0.2) is 24.0 Å². The topological polar surface area (TPSA) is 99.7 Å². The van der Waals surface area contributed by atoms with Crippen LogP contribution in [0.25, 0.3) is 0 Å². The number of carboxylic acid groups (broad SMARTS) is 1. The van der Waals surface area contributed by atoms with Gasteiger partial charge in [-0.2, -0.15) is 5.10 Å². The summed E-state index contributed by atoms with van der Waals surface area (Å²) in [6.45, 7) is -0.175. The zero-order chi connectivity index (χ0) is 7.11. The van der Waals surface area contributed by atoms with Gasteiger partial charge in [-0.3, -0.25) is 4.79 Å². The minimum atomic E-state index is -0.951. The molecule has 6 heteroatoms. The minimum Gasteiger partial charge on any atom is -0.480 e. The van der Waals surface area contributed by atoms with Crippen molar-refractivity contribution in [2.24, 2.45) is 10.9 Å². The van der Waals surface area contributed by atoms with Crippen LogP contribution in [0, 0.1) is 0 Å². The van der Waals surface area contributed by atoms with Crippen molar-refractivity contribution >= 4 is 12.3 Å². The molecule has 0 aromatic heterocycles. The first-order valence-corrected chi connectivity index (χ1v) is 2.19. The molecule has 5 N–H and O–H groups in total. The van der Waals surface area contributed by atoms with Gasteiger partial charge in [-0.15, -0.1) is 0 Å². The Morgan fingerprint density at radius 3 is 3.00 bits per heavy atom. The number of aliphatic carboxylic acids is 1. The predicted octanol–water partition coefficient (Wildman–Crippen LogP) is -1.93. The lowest BCUT2D eigenvalue weighted by Crippen LogP contribution is -2.35. The highest BCUT2D eigenvalue weighted by molar-refractivity contribution is 5.69. The van der Waals surface area contributed by atoms with E-state index in [4.69, 9.17) is 5.11 Å². The molecule has 0 saturated heterocycles. The van der Waals surface area contributed by atoms with Gasteiger partial charge in [-0.25, -0.2) is 5.43 Å². The van der Waals surface area contributed by atoms with Gasteiger partial charge in [0.15, 0.2) is 0 Å². The molecule has 9 heavy (non-hydrogen) atoms. The standard InChI is InChI=1S/C3H8N4O2/c4-5-2-7-6-1-3(8)9/h2,6H,1,4H2,(H,5,7)(H,8,9). The monoisotopic (exact) mass is 132 g/mol. The average Bonchev–Trinajstić information content (AvgIpc) is 1.80. The van der Waals surface area contributed by atoms with Gasteiger partial charge in [0.2, 0.25) is 0 Å². The number of rotatable bonds is 4. The number of hydrogen-bond acceptors (Lipinski definition) is 4. The summed E-state index contributed by atoms with van der Waals surface area (Å²) in [7, 11) is 0. The lowest BCUT2D eigenvalue weighted by molar-refractivity contribution is -0.136. The molecule has 0 aromatic carbocycles. The van der Waals surface area contributed by atoms with Crippen molar-refractivity contribution in [1.82, 2.24) is 10.9 Å². The second kappa shape index (κ2) is 4.85. The van der Waals surface area contributed by atoms with E-state index in [0.717, 1.165) is 6.34 Å². The number of carbonyl (C=O) groups is 1. The molecule has 0 rings (SSSR count). The third-order valence-corrected chi connectivity index (χ3v) is 0.481. The number of carboxylic acids is 1. The van der Waals surface area contributed by atoms with Gasteiger partial charge in [-0.05, 0) is 0 Å². The molecular weight excluding hydrogens is 124 g/mol. The highest BCUT2D eigenvalue weighted by atomic mass is 16.4. The van der Waals surface area contributed by atoms with Crippen LogP contribution in [0.4, 0.5) is 0 Å². The summed E-state index contributed by atoms with van der Waals surface area (Å²) in [5.74, 6) is 3.71. The van der Waals surface area contributed by atoms with Crippen LogP contribution in [0.3, 0.4) is 0 Å². The van der Waals surface area contributed by atoms with Crippen molar-refractivity contribution in [2.75, 3.05) is 6.54 Å². The number of hydrazine groups is 1. The van der Waals surface area contributed by atoms with E-state index >= 15 is 0 Å². The van der Waals surface area contributed by atoms with Gasteiger partial charge in [-0.1, -0.05) is 0 Å². The van der Waals surface area contributed by atoms with Crippen molar-refractivity contribution in [1.29, 1.82) is 0 Å². The second-order valence-electron chi connectivity index (χ2n) is 1.17. The van der Waals surface area contributed by atoms with Crippen molar-refractivity contribution in [3.8, 4) is 0 Å². The van der Waals surface area contributed by atoms with Crippen LogP contribution in [0.15, 0.2) is 5.10 Å². The van der Waals surface area contributed by atoms with Crippen molar-refractivity contribution in [2.45, 2.75) is 0 Å². The molecule has 0 unspecified atom stereocenters. The summed E-state index contributed by atoms with van der Waals surface area (Å²) in [6, 6.07) is 0. The molecule has 0 aliphatic heterocycles. The van der Waals surface area contributed by atoms with Crippen LogP contribution >= 0.6 is 0 Å². The van der Waals surface area contributed by atoms with Crippen LogP contribution in [0.5, 0.6) is 0 Å². The number of nitrogens with zero attached hydrogens (tertiary/aromatic N) is 1. The Hall–Kier alpha value is -1.30. The zero-order valence-corrected chi connectivity index (χ0v) is 4.66. The van der Waals surface area contributed by atoms with Gasteiger partial charge >= 0.3 is 5.97 Å². The number of hydrazone groups is 1. The first kappa shape index (κ1) is 7.70. The Morgan fingerprint density at radius 2 is 2.56 bits per heavy atom. The number of nitrogens with two attached hydrogens (primary N) is 1. The van der Waals surface area contributed by atoms with E-state index in [9.17, 15) is 4.79 Å². The van der Waals surface area contributed by atoms with E-state index in [1.54, 1.807) is 0 Å². The zero-order valence-electron chi connectivity index (χ0n) is 4.66. The van der Waals surface area contributed by atoms with Crippen molar-refractivity contribution < 1.29 is 9.90 Å². The smallest absolute Gasteiger partial charge is 0.319 e. The predicted molar refractivity (Wildman–Crippen MR) is 31.5 cm³/mol. The Balaban J connectivity index is 3.01. The number of hydrogen-bond donors (Lipinski definition) is 4. The Morgan fingerprint density at radius 1 is 1.89 bits per heavy atom. The molecule has 52 valence electrons. The van der Waals surface area contributed by atoms with E-state index in [2.05, 4.69) is 21.8 Å². The van der Waals surface area contributed by atoms with E-state index in [-0.39, 0.29) is 6.54 Å². The molecule has 0 saturated carbocycles. The molecule has 0 aliphatic carbocycles. The first-order valence-electron chi connectivity index (χ1n) is 2.19. The summed E-state index contributed by atoms with van der Waals surface area (Å²) in [5, 5.41) is 11.1. The maximum absolute atomic E-state index is 9.78. The number of nitrogens with one attached hydrogen (secondary N) is 2. The van der Waals surface area contributed by atoms with Gasteiger partial charge in [0.1, 0.15) is 12.9 Å². The van der Waals surface area contributed by atoms with E-state index in [1.807, 2.05) is 0 Å². The van der Waals surface area contributed by atoms with Crippen LogP contribution in [0.2, 0.25) is 0 Å². The third kappa shape index (κ3) is 6.70. The van der Waals surface area contributed by atoms with Crippen LogP contribution in [-0.2, 0) is 4.79 Å².